The standard InChI is InChI=1S/C45H75N7O10/c1-12-35(50(9)10)38(55)42(59-14-3)61-40-29(5)37(54)30(6)41(56)60-36(13-2)45(8)39(33(20-23-53)47-26-28(4)25-44(40,7)58-11)52(43(57)62-45)22-16-15-21-51-27-34(48-49-51)31-18-17-19-32(46)24-31/h17-19,24,27-30,33,35-36,38-40,42,47,53,55H,12-16,20-23,25-26,46H2,1-11H3/t28-,29+,30-,33-,35?,36-,38?,39-,40-,42+,44-,45-/m1/s1. The van der Waals surface area contributed by atoms with Crippen LogP contribution in [0.3, 0.4) is 0 Å². The molecule has 2 aliphatic heterocycles. The van der Waals surface area contributed by atoms with Gasteiger partial charge < -0.3 is 49.8 Å². The predicted octanol–water partition coefficient (Wildman–Crippen LogP) is 4.28. The van der Waals surface area contributed by atoms with Crippen LogP contribution >= 0.6 is 0 Å². The predicted molar refractivity (Wildman–Crippen MR) is 235 cm³/mol. The fraction of sp³-hybridized carbons (Fsp3) is 0.756. The third-order valence-electron chi connectivity index (χ3n) is 12.9. The molecule has 2 aromatic rings. The van der Waals surface area contributed by atoms with Gasteiger partial charge in [-0.2, -0.15) is 0 Å². The Morgan fingerprint density at radius 1 is 1.10 bits per heavy atom. The van der Waals surface area contributed by atoms with Gasteiger partial charge in [-0.3, -0.25) is 19.2 Å². The molecule has 5 N–H and O–H groups in total. The summed E-state index contributed by atoms with van der Waals surface area (Å²) in [7, 11) is 5.31. The zero-order valence-electron chi connectivity index (χ0n) is 38.9. The summed E-state index contributed by atoms with van der Waals surface area (Å²) in [4.78, 5) is 46.2. The molecule has 2 fully saturated rings. The van der Waals surface area contributed by atoms with Crippen LogP contribution in [0.15, 0.2) is 30.5 Å². The lowest BCUT2D eigenvalue weighted by Crippen LogP contribution is -2.62. The number of carbonyl (C=O) groups excluding carboxylic acids is 3. The summed E-state index contributed by atoms with van der Waals surface area (Å²) in [6, 6.07) is 5.99. The SMILES string of the molecule is CCO[C@@H](O[C@@H]1[C@@H](C)C(=O)[C@@H](C)C(=O)O[C@H](CC)[C@@]2(C)OC(=O)N(CCCCn3cc(-c4cccc(N)c4)nn3)[C@@H]2[C@@H](CCO)NC[C@H](C)C[C@@]1(C)OC)C(O)C(CC)N(C)C. The summed E-state index contributed by atoms with van der Waals surface area (Å²) >= 11 is 0. The van der Waals surface area contributed by atoms with Crippen molar-refractivity contribution in [3.05, 3.63) is 30.5 Å². The molecule has 2 unspecified atom stereocenters. The Hall–Kier alpha value is -3.71. The van der Waals surface area contributed by atoms with Crippen molar-refractivity contribution in [2.24, 2.45) is 17.8 Å². The molecule has 0 spiro atoms. The molecule has 62 heavy (non-hydrogen) atoms. The van der Waals surface area contributed by atoms with Crippen molar-refractivity contribution in [1.29, 1.82) is 0 Å². The Kier molecular flexibility index (Phi) is 18.7. The minimum absolute atomic E-state index is 0.102. The van der Waals surface area contributed by atoms with Crippen LogP contribution in [-0.4, -0.2) is 154 Å². The van der Waals surface area contributed by atoms with Crippen LogP contribution in [0.4, 0.5) is 10.5 Å². The number of nitrogens with one attached hydrogen (secondary N) is 1. The van der Waals surface area contributed by atoms with E-state index in [-0.39, 0.29) is 38.0 Å². The van der Waals surface area contributed by atoms with Gasteiger partial charge in [0.15, 0.2) is 17.7 Å². The number of aryl methyl sites for hydroxylation is 1. The smallest absolute Gasteiger partial charge is 0.410 e. The number of benzene rings is 1. The Morgan fingerprint density at radius 3 is 2.42 bits per heavy atom. The lowest BCUT2D eigenvalue weighted by atomic mass is 9.78. The van der Waals surface area contributed by atoms with Crippen LogP contribution in [-0.2, 0) is 39.8 Å². The first-order valence-corrected chi connectivity index (χ1v) is 22.4. The van der Waals surface area contributed by atoms with Crippen LogP contribution < -0.4 is 11.1 Å². The summed E-state index contributed by atoms with van der Waals surface area (Å²) in [5, 5.41) is 34.4. The largest absolute Gasteiger partial charge is 0.458 e. The van der Waals surface area contributed by atoms with Crippen molar-refractivity contribution in [3.8, 4) is 11.3 Å². The average molecular weight is 874 g/mol. The van der Waals surface area contributed by atoms with Crippen LogP contribution in [0.5, 0.6) is 0 Å². The van der Waals surface area contributed by atoms with Gasteiger partial charge in [0.05, 0.1) is 23.9 Å². The zero-order valence-corrected chi connectivity index (χ0v) is 38.9. The number of fused-ring (bicyclic) bond motifs is 1. The number of methoxy groups -OCH3 is 1. The quantitative estimate of drug-likeness (QED) is 0.0541. The maximum atomic E-state index is 14.5. The van der Waals surface area contributed by atoms with Crippen molar-refractivity contribution in [2.45, 2.75) is 154 Å². The molecule has 12 atom stereocenters. The van der Waals surface area contributed by atoms with Gasteiger partial charge in [0.25, 0.3) is 0 Å². The van der Waals surface area contributed by atoms with Gasteiger partial charge >= 0.3 is 12.1 Å². The maximum absolute atomic E-state index is 14.5. The van der Waals surface area contributed by atoms with E-state index in [9.17, 15) is 24.6 Å². The second-order valence-electron chi connectivity index (χ2n) is 17.8. The van der Waals surface area contributed by atoms with E-state index >= 15 is 0 Å². The lowest BCUT2D eigenvalue weighted by molar-refractivity contribution is -0.265. The van der Waals surface area contributed by atoms with Gasteiger partial charge in [0.2, 0.25) is 0 Å². The Balaban J connectivity index is 1.66. The average Bonchev–Trinajstić information content (AvgIpc) is 3.81. The third-order valence-corrected chi connectivity index (χ3v) is 12.9. The number of hydrogen-bond donors (Lipinski definition) is 4. The summed E-state index contributed by atoms with van der Waals surface area (Å²) < 4.78 is 33.2. The minimum atomic E-state index is -1.35. The molecule has 0 saturated carbocycles. The van der Waals surface area contributed by atoms with Crippen LogP contribution in [0.2, 0.25) is 0 Å². The molecular weight excluding hydrogens is 799 g/mol. The van der Waals surface area contributed by atoms with Gasteiger partial charge in [0.1, 0.15) is 23.8 Å². The van der Waals surface area contributed by atoms with Crippen LogP contribution in [0, 0.1) is 17.8 Å². The number of esters is 1. The van der Waals surface area contributed by atoms with E-state index < -0.39 is 77.6 Å². The number of nitrogens with zero attached hydrogens (tertiary/aromatic N) is 5. The Labute approximate surface area is 368 Å². The van der Waals surface area contributed by atoms with E-state index in [0.29, 0.717) is 56.7 Å². The van der Waals surface area contributed by atoms with Crippen molar-refractivity contribution in [2.75, 3.05) is 53.2 Å². The lowest BCUT2D eigenvalue weighted by Gasteiger charge is -2.44. The number of aromatic nitrogens is 3. The summed E-state index contributed by atoms with van der Waals surface area (Å²) in [5.41, 5.74) is 5.72. The topological polar surface area (TPSA) is 213 Å². The number of rotatable bonds is 18. The Morgan fingerprint density at radius 2 is 1.81 bits per heavy atom. The molecule has 0 radical (unpaired) electrons. The first-order valence-electron chi connectivity index (χ1n) is 22.4. The molecule has 2 aliphatic rings. The van der Waals surface area contributed by atoms with Crippen molar-refractivity contribution in [1.82, 2.24) is 30.1 Å². The van der Waals surface area contributed by atoms with E-state index in [2.05, 4.69) is 22.6 Å². The molecule has 4 rings (SSSR count). The monoisotopic (exact) mass is 874 g/mol. The summed E-state index contributed by atoms with van der Waals surface area (Å²) in [6.07, 6.45) is 0.0637. The summed E-state index contributed by atoms with van der Waals surface area (Å²) in [5.74, 6) is -3.43. The fourth-order valence-corrected chi connectivity index (χ4v) is 9.49. The number of aliphatic hydroxyl groups excluding tert-OH is 2. The number of nitrogen functional groups attached to an aromatic ring is 1. The highest BCUT2D eigenvalue weighted by atomic mass is 16.7. The highest BCUT2D eigenvalue weighted by Gasteiger charge is 2.59. The number of nitrogens with two attached hydrogens (primary N) is 1. The molecular formula is C45H75N7O10. The van der Waals surface area contributed by atoms with Crippen LogP contribution in [0.1, 0.15) is 93.9 Å². The van der Waals surface area contributed by atoms with E-state index in [0.717, 1.165) is 5.56 Å². The second-order valence-corrected chi connectivity index (χ2v) is 17.8. The van der Waals surface area contributed by atoms with Crippen molar-refractivity contribution >= 4 is 23.5 Å². The van der Waals surface area contributed by atoms with E-state index in [1.54, 1.807) is 30.5 Å². The molecule has 350 valence electrons. The number of unbranched alkanes of at least 4 members (excludes halogenated alkanes) is 1. The number of aliphatic hydroxyl groups is 2. The van der Waals surface area contributed by atoms with E-state index in [4.69, 9.17) is 29.4 Å². The van der Waals surface area contributed by atoms with Crippen molar-refractivity contribution in [3.63, 3.8) is 0 Å². The molecule has 1 amide bonds. The zero-order chi connectivity index (χ0) is 45.9. The highest BCUT2D eigenvalue weighted by molar-refractivity contribution is 6.00. The number of likely N-dealkylation sites (N-methyl/N-ethyl adjacent to an activating group) is 1. The number of hydrogen-bond acceptors (Lipinski definition) is 15. The summed E-state index contributed by atoms with van der Waals surface area (Å²) in [6.45, 7) is 15.9. The number of Topliss-reactive ketones (excluding diaryl/α,β-unsaturated/α-hetero) is 1. The van der Waals surface area contributed by atoms with Crippen molar-refractivity contribution < 1.29 is 48.3 Å². The molecule has 3 heterocycles. The number of carbonyl (C=O) groups is 3. The van der Waals surface area contributed by atoms with Gasteiger partial charge in [-0.05, 0) is 105 Å². The minimum Gasteiger partial charge on any atom is -0.458 e. The number of cyclic esters (lactones) is 1. The first kappa shape index (κ1) is 50.9. The normalized spacial score (nSPS) is 30.6. The molecule has 1 aromatic carbocycles. The third kappa shape index (κ3) is 11.9. The number of anilines is 1. The highest BCUT2D eigenvalue weighted by Crippen LogP contribution is 2.40. The van der Waals surface area contributed by atoms with Gasteiger partial charge in [-0.25, -0.2) is 4.79 Å². The molecule has 0 aliphatic carbocycles. The number of ether oxygens (including phenoxy) is 5. The molecule has 1 aromatic heterocycles. The van der Waals surface area contributed by atoms with E-state index in [1.807, 2.05) is 77.2 Å². The maximum Gasteiger partial charge on any atom is 0.410 e. The molecule has 17 heteroatoms. The molecule has 17 nitrogen and oxygen atoms in total. The van der Waals surface area contributed by atoms with Crippen LogP contribution in [0.25, 0.3) is 11.3 Å². The van der Waals surface area contributed by atoms with E-state index in [1.165, 1.54) is 6.92 Å². The molecule has 0 bridgehead atoms. The Bertz CT molecular complexity index is 1750. The van der Waals surface area contributed by atoms with Gasteiger partial charge in [0, 0.05) is 62.7 Å². The second kappa shape index (κ2) is 22.8. The number of ketones is 1. The number of amides is 1. The fourth-order valence-electron chi connectivity index (χ4n) is 9.49. The first-order chi connectivity index (χ1) is 29.4. The molecule has 2 saturated heterocycles. The van der Waals surface area contributed by atoms with Gasteiger partial charge in [-0.15, -0.1) is 5.10 Å². The van der Waals surface area contributed by atoms with Gasteiger partial charge in [-0.1, -0.05) is 45.0 Å².